The van der Waals surface area contributed by atoms with Gasteiger partial charge in [-0.25, -0.2) is 8.78 Å². The Hall–Kier alpha value is -1.74. The number of carbonyl (C=O) groups excluding carboxylic acids is 2. The summed E-state index contributed by atoms with van der Waals surface area (Å²) in [5.74, 6) is -2.50. The van der Waals surface area contributed by atoms with E-state index >= 15 is 8.78 Å². The lowest BCUT2D eigenvalue weighted by atomic mass is 9.44. The molecule has 6 nitrogen and oxygen atoms in total. The molecule has 0 aromatic heterocycles. The quantitative estimate of drug-likeness (QED) is 0.604. The minimum atomic E-state index is -2.25. The summed E-state index contributed by atoms with van der Waals surface area (Å²) in [6, 6.07) is 0. The maximum atomic E-state index is 17.2. The number of aliphatic hydroxyl groups is 2. The zero-order chi connectivity index (χ0) is 24.8. The van der Waals surface area contributed by atoms with E-state index in [9.17, 15) is 19.8 Å². The van der Waals surface area contributed by atoms with E-state index in [0.717, 1.165) is 6.08 Å². The van der Waals surface area contributed by atoms with Crippen LogP contribution in [0, 0.1) is 22.7 Å². The smallest absolute Gasteiger partial charge is 0.193 e. The number of ketones is 2. The highest BCUT2D eigenvalue weighted by molar-refractivity contribution is 6.01. The van der Waals surface area contributed by atoms with Crippen LogP contribution in [0.1, 0.15) is 46.5 Å². The number of fused-ring (bicyclic) bond motifs is 7. The highest BCUT2D eigenvalue weighted by atomic mass is 19.1. The van der Waals surface area contributed by atoms with Crippen molar-refractivity contribution in [1.29, 1.82) is 0 Å². The summed E-state index contributed by atoms with van der Waals surface area (Å²) in [6.45, 7) is 8.34. The van der Waals surface area contributed by atoms with Gasteiger partial charge in [0.15, 0.2) is 29.1 Å². The summed E-state index contributed by atoms with van der Waals surface area (Å²) < 4.78 is 45.1. The molecule has 2 N–H and O–H groups in total. The van der Waals surface area contributed by atoms with Crippen LogP contribution in [0.25, 0.3) is 0 Å². The standard InChI is InChI=1S/C26H32F2O6/c1-5-13(2)22-33-21-10-15-16-9-18(27)17-8-14(30)6-7-23(17,3)25(16,28)19(31)11-24(15,4)26(21,34-22)20(32)12-29/h6-8,15-16,18-19,21-22,29,31H,2,5,9-12H2,1,3-4H3/t15-,16-,18-,19-,21+,22+,23-,24-,25-,26+/m0/s1. The Morgan fingerprint density at radius 3 is 2.65 bits per heavy atom. The van der Waals surface area contributed by atoms with Gasteiger partial charge in [0.25, 0.3) is 0 Å². The van der Waals surface area contributed by atoms with Crippen molar-refractivity contribution < 1.29 is 38.1 Å². The SMILES string of the molecule is C=C(CC)[C@@H]1O[C@@H]2C[C@H]3[C@@H]4C[C@H](F)C5=CC(=O)C=C[C@]5(C)[C@@]4(F)[C@@H](O)C[C@]3(C)[C@]2(C(=O)CO)O1. The molecule has 1 aliphatic heterocycles. The molecule has 0 amide bonds. The molecule has 0 unspecified atom stereocenters. The fourth-order valence-corrected chi connectivity index (χ4v) is 7.91. The normalized spacial score (nSPS) is 51.3. The van der Waals surface area contributed by atoms with Crippen LogP contribution >= 0.6 is 0 Å². The summed E-state index contributed by atoms with van der Waals surface area (Å²) in [6.07, 6.45) is -0.573. The zero-order valence-corrected chi connectivity index (χ0v) is 19.7. The third kappa shape index (κ3) is 2.58. The highest BCUT2D eigenvalue weighted by Gasteiger charge is 2.80. The van der Waals surface area contributed by atoms with Gasteiger partial charge < -0.3 is 19.7 Å². The first-order chi connectivity index (χ1) is 15.9. The Labute approximate surface area is 197 Å². The van der Waals surface area contributed by atoms with E-state index in [4.69, 9.17) is 9.47 Å². The van der Waals surface area contributed by atoms with E-state index in [1.165, 1.54) is 19.1 Å². The van der Waals surface area contributed by atoms with Crippen molar-refractivity contribution in [1.82, 2.24) is 0 Å². The first-order valence-corrected chi connectivity index (χ1v) is 12.0. The van der Waals surface area contributed by atoms with Gasteiger partial charge in [-0.2, -0.15) is 0 Å². The van der Waals surface area contributed by atoms with Crippen molar-refractivity contribution in [2.75, 3.05) is 6.61 Å². The summed E-state index contributed by atoms with van der Waals surface area (Å²) in [5, 5.41) is 21.3. The first-order valence-electron chi connectivity index (χ1n) is 12.0. The molecule has 10 atom stereocenters. The molecule has 8 heteroatoms. The van der Waals surface area contributed by atoms with Gasteiger partial charge >= 0.3 is 0 Å². The highest BCUT2D eigenvalue weighted by Crippen LogP contribution is 2.72. The molecule has 0 aromatic carbocycles. The minimum Gasteiger partial charge on any atom is -0.390 e. The maximum absolute atomic E-state index is 17.2. The average molecular weight is 479 g/mol. The van der Waals surface area contributed by atoms with E-state index in [1.54, 1.807) is 6.92 Å². The molecule has 3 saturated carbocycles. The predicted molar refractivity (Wildman–Crippen MR) is 118 cm³/mol. The number of rotatable bonds is 4. The van der Waals surface area contributed by atoms with Crippen LogP contribution in [0.2, 0.25) is 0 Å². The molecule has 1 heterocycles. The number of carbonyl (C=O) groups is 2. The topological polar surface area (TPSA) is 93.1 Å². The number of Topliss-reactive ketones (excluding diaryl/α,β-unsaturated/α-hetero) is 1. The van der Waals surface area contributed by atoms with Gasteiger partial charge in [-0.3, -0.25) is 9.59 Å². The van der Waals surface area contributed by atoms with Crippen LogP contribution in [0.4, 0.5) is 8.78 Å². The van der Waals surface area contributed by atoms with Crippen LogP contribution in [-0.4, -0.2) is 64.3 Å². The predicted octanol–water partition coefficient (Wildman–Crippen LogP) is 2.92. The van der Waals surface area contributed by atoms with Gasteiger partial charge in [0.05, 0.1) is 12.2 Å². The van der Waals surface area contributed by atoms with E-state index in [1.807, 2.05) is 6.92 Å². The summed E-state index contributed by atoms with van der Waals surface area (Å²) in [4.78, 5) is 25.2. The second-order valence-corrected chi connectivity index (χ2v) is 11.0. The fourth-order valence-electron chi connectivity index (χ4n) is 7.91. The molecule has 186 valence electrons. The van der Waals surface area contributed by atoms with E-state index < -0.39 is 76.8 Å². The molecule has 5 rings (SSSR count). The molecule has 0 bridgehead atoms. The van der Waals surface area contributed by atoms with Crippen molar-refractivity contribution in [3.63, 3.8) is 0 Å². The monoisotopic (exact) mass is 478 g/mol. The van der Waals surface area contributed by atoms with Gasteiger partial charge in [-0.05, 0) is 61.8 Å². The van der Waals surface area contributed by atoms with E-state index in [0.29, 0.717) is 12.0 Å². The number of alkyl halides is 2. The number of aliphatic hydroxyl groups excluding tert-OH is 2. The number of hydrogen-bond donors (Lipinski definition) is 2. The van der Waals surface area contributed by atoms with Crippen LogP contribution in [0.3, 0.4) is 0 Å². The van der Waals surface area contributed by atoms with Gasteiger partial charge in [-0.15, -0.1) is 0 Å². The second-order valence-electron chi connectivity index (χ2n) is 11.0. The molecular formula is C26H32F2O6. The molecule has 5 aliphatic rings. The van der Waals surface area contributed by atoms with Crippen LogP contribution in [0.5, 0.6) is 0 Å². The van der Waals surface area contributed by atoms with Crippen LogP contribution in [0.15, 0.2) is 36.0 Å². The van der Waals surface area contributed by atoms with Crippen molar-refractivity contribution in [2.24, 2.45) is 22.7 Å². The van der Waals surface area contributed by atoms with Gasteiger partial charge in [-0.1, -0.05) is 26.5 Å². The molecule has 0 spiro atoms. The Balaban J connectivity index is 1.63. The van der Waals surface area contributed by atoms with E-state index in [-0.39, 0.29) is 24.8 Å². The van der Waals surface area contributed by atoms with Crippen molar-refractivity contribution in [3.8, 4) is 0 Å². The van der Waals surface area contributed by atoms with Crippen LogP contribution < -0.4 is 0 Å². The van der Waals surface area contributed by atoms with E-state index in [2.05, 4.69) is 6.58 Å². The second kappa shape index (κ2) is 7.38. The fraction of sp³-hybridized carbons (Fsp3) is 0.692. The number of ether oxygens (including phenoxy) is 2. The third-order valence-corrected chi connectivity index (χ3v) is 9.71. The minimum absolute atomic E-state index is 0.0487. The molecule has 1 saturated heterocycles. The first kappa shape index (κ1) is 24.0. The lowest BCUT2D eigenvalue weighted by Crippen LogP contribution is -2.70. The largest absolute Gasteiger partial charge is 0.390 e. The molecule has 4 fully saturated rings. The summed E-state index contributed by atoms with van der Waals surface area (Å²) >= 11 is 0. The lowest BCUT2D eigenvalue weighted by Gasteiger charge is -2.63. The summed E-state index contributed by atoms with van der Waals surface area (Å²) in [7, 11) is 0. The number of hydrogen-bond acceptors (Lipinski definition) is 6. The molecule has 4 aliphatic carbocycles. The van der Waals surface area contributed by atoms with Crippen molar-refractivity contribution >= 4 is 11.6 Å². The van der Waals surface area contributed by atoms with Gasteiger partial charge in [0.2, 0.25) is 0 Å². The molecular weight excluding hydrogens is 446 g/mol. The van der Waals surface area contributed by atoms with Gasteiger partial charge in [0.1, 0.15) is 12.8 Å². The zero-order valence-electron chi connectivity index (χ0n) is 19.7. The third-order valence-electron chi connectivity index (χ3n) is 9.71. The Kier molecular flexibility index (Phi) is 5.21. The Morgan fingerprint density at radius 1 is 1.29 bits per heavy atom. The molecule has 34 heavy (non-hydrogen) atoms. The molecule has 0 aromatic rings. The molecule has 0 radical (unpaired) electrons. The van der Waals surface area contributed by atoms with Crippen molar-refractivity contribution in [2.45, 2.75) is 82.4 Å². The Morgan fingerprint density at radius 2 is 2.00 bits per heavy atom. The number of allylic oxidation sites excluding steroid dienone is 4. The van der Waals surface area contributed by atoms with Crippen LogP contribution in [-0.2, 0) is 19.1 Å². The lowest BCUT2D eigenvalue weighted by molar-refractivity contribution is -0.231. The average Bonchev–Trinajstić information content (AvgIpc) is 3.30. The maximum Gasteiger partial charge on any atom is 0.193 e. The number of halogens is 2. The van der Waals surface area contributed by atoms with Gasteiger partial charge in [0, 0.05) is 16.7 Å². The van der Waals surface area contributed by atoms with Crippen molar-refractivity contribution in [3.05, 3.63) is 36.0 Å². The Bertz CT molecular complexity index is 1020. The summed E-state index contributed by atoms with van der Waals surface area (Å²) in [5.41, 5.74) is -5.78.